The minimum Gasteiger partial charge on any atom is -0.497 e. The highest BCUT2D eigenvalue weighted by atomic mass is 32.2. The van der Waals surface area contributed by atoms with Gasteiger partial charge in [0.25, 0.3) is 5.91 Å². The van der Waals surface area contributed by atoms with Crippen LogP contribution in [0.5, 0.6) is 11.5 Å². The average Bonchev–Trinajstić information content (AvgIpc) is 3.32. The van der Waals surface area contributed by atoms with E-state index in [2.05, 4.69) is 20.7 Å². The number of para-hydroxylation sites is 1. The summed E-state index contributed by atoms with van der Waals surface area (Å²) in [6.07, 6.45) is 1.58. The molecule has 0 saturated carbocycles. The van der Waals surface area contributed by atoms with Crippen LogP contribution >= 0.6 is 11.8 Å². The number of hydrogen-bond acceptors (Lipinski definition) is 7. The summed E-state index contributed by atoms with van der Waals surface area (Å²) < 4.78 is 12.3. The maximum Gasteiger partial charge on any atom is 0.250 e. The molecule has 0 atom stereocenters. The fourth-order valence-electron chi connectivity index (χ4n) is 3.13. The number of carbonyl (C=O) groups excluding carboxylic acids is 1. The molecule has 0 bridgehead atoms. The van der Waals surface area contributed by atoms with Crippen molar-refractivity contribution >= 4 is 23.9 Å². The van der Waals surface area contributed by atoms with Crippen LogP contribution in [-0.4, -0.2) is 46.9 Å². The zero-order valence-electron chi connectivity index (χ0n) is 18.7. The number of benzene rings is 3. The largest absolute Gasteiger partial charge is 0.497 e. The number of nitrogens with one attached hydrogen (secondary N) is 1. The molecule has 0 radical (unpaired) electrons. The lowest BCUT2D eigenvalue weighted by Gasteiger charge is -2.10. The molecule has 1 N–H and O–H groups in total. The summed E-state index contributed by atoms with van der Waals surface area (Å²) in [7, 11) is 3.24. The highest BCUT2D eigenvalue weighted by Gasteiger charge is 2.17. The molecule has 9 heteroatoms. The van der Waals surface area contributed by atoms with Crippen molar-refractivity contribution in [3.8, 4) is 28.6 Å². The fourth-order valence-corrected chi connectivity index (χ4v) is 3.88. The molecule has 172 valence electrons. The van der Waals surface area contributed by atoms with Crippen molar-refractivity contribution < 1.29 is 14.3 Å². The molecule has 1 aromatic heterocycles. The Morgan fingerprint density at radius 2 is 1.59 bits per heavy atom. The number of thioether (sulfide) groups is 1. The van der Waals surface area contributed by atoms with Gasteiger partial charge < -0.3 is 9.47 Å². The van der Waals surface area contributed by atoms with Gasteiger partial charge in [0.15, 0.2) is 11.0 Å². The standard InChI is InChI=1S/C25H23N5O3S/c1-32-21-12-8-18(9-13-21)16-26-27-23(31)17-34-25-29-28-24(19-10-14-22(33-2)15-11-19)30(25)20-6-4-3-5-7-20/h3-16H,17H2,1-2H3,(H,27,31). The van der Waals surface area contributed by atoms with E-state index in [1.807, 2.05) is 83.4 Å². The number of ether oxygens (including phenoxy) is 2. The summed E-state index contributed by atoms with van der Waals surface area (Å²) in [5, 5.41) is 13.4. The topological polar surface area (TPSA) is 90.6 Å². The Morgan fingerprint density at radius 1 is 0.941 bits per heavy atom. The van der Waals surface area contributed by atoms with Crippen molar-refractivity contribution in [1.29, 1.82) is 0 Å². The molecule has 1 heterocycles. The Labute approximate surface area is 201 Å². The van der Waals surface area contributed by atoms with Gasteiger partial charge in [0, 0.05) is 11.3 Å². The summed E-state index contributed by atoms with van der Waals surface area (Å²) in [6.45, 7) is 0. The van der Waals surface area contributed by atoms with Gasteiger partial charge in [-0.15, -0.1) is 10.2 Å². The van der Waals surface area contributed by atoms with Gasteiger partial charge in [0.1, 0.15) is 11.5 Å². The summed E-state index contributed by atoms with van der Waals surface area (Å²) >= 11 is 1.29. The maximum absolute atomic E-state index is 12.4. The molecule has 8 nitrogen and oxygen atoms in total. The average molecular weight is 474 g/mol. The smallest absolute Gasteiger partial charge is 0.250 e. The maximum atomic E-state index is 12.4. The van der Waals surface area contributed by atoms with E-state index < -0.39 is 0 Å². The highest BCUT2D eigenvalue weighted by Crippen LogP contribution is 2.28. The molecule has 0 fully saturated rings. The van der Waals surface area contributed by atoms with Crippen LogP contribution in [0.4, 0.5) is 0 Å². The number of aromatic nitrogens is 3. The normalized spacial score (nSPS) is 10.9. The van der Waals surface area contributed by atoms with Crippen LogP contribution in [0.1, 0.15) is 5.56 Å². The van der Waals surface area contributed by atoms with Crippen LogP contribution in [0.3, 0.4) is 0 Å². The van der Waals surface area contributed by atoms with Crippen molar-refractivity contribution in [2.24, 2.45) is 5.10 Å². The van der Waals surface area contributed by atoms with E-state index in [9.17, 15) is 4.79 Å². The van der Waals surface area contributed by atoms with Gasteiger partial charge in [-0.1, -0.05) is 30.0 Å². The van der Waals surface area contributed by atoms with Crippen molar-refractivity contribution in [1.82, 2.24) is 20.2 Å². The van der Waals surface area contributed by atoms with Crippen LogP contribution in [0.2, 0.25) is 0 Å². The first kappa shape index (κ1) is 23.1. The molecule has 0 unspecified atom stereocenters. The van der Waals surface area contributed by atoms with Crippen LogP contribution in [0.15, 0.2) is 89.1 Å². The van der Waals surface area contributed by atoms with Crippen molar-refractivity contribution in [3.05, 3.63) is 84.4 Å². The summed E-state index contributed by atoms with van der Waals surface area (Å²) in [5.41, 5.74) is 5.18. The van der Waals surface area contributed by atoms with Crippen molar-refractivity contribution in [2.45, 2.75) is 5.16 Å². The van der Waals surface area contributed by atoms with Crippen LogP contribution in [0.25, 0.3) is 17.1 Å². The van der Waals surface area contributed by atoms with Gasteiger partial charge in [0.2, 0.25) is 0 Å². The Hall–Kier alpha value is -4.11. The molecule has 0 saturated heterocycles. The van der Waals surface area contributed by atoms with Crippen LogP contribution in [0, 0.1) is 0 Å². The first-order valence-electron chi connectivity index (χ1n) is 10.4. The first-order chi connectivity index (χ1) is 16.7. The van der Waals surface area contributed by atoms with E-state index in [-0.39, 0.29) is 11.7 Å². The third-order valence-corrected chi connectivity index (χ3v) is 5.78. The second-order valence-corrected chi connectivity index (χ2v) is 8.00. The van der Waals surface area contributed by atoms with Gasteiger partial charge in [-0.2, -0.15) is 5.10 Å². The predicted octanol–water partition coefficient (Wildman–Crippen LogP) is 4.19. The van der Waals surface area contributed by atoms with E-state index >= 15 is 0 Å². The highest BCUT2D eigenvalue weighted by molar-refractivity contribution is 7.99. The third-order valence-electron chi connectivity index (χ3n) is 4.85. The fraction of sp³-hybridized carbons (Fsp3) is 0.120. The van der Waals surface area contributed by atoms with Gasteiger partial charge in [0.05, 0.1) is 26.2 Å². The number of methoxy groups -OCH3 is 2. The zero-order valence-corrected chi connectivity index (χ0v) is 19.5. The summed E-state index contributed by atoms with van der Waals surface area (Å²) in [5.74, 6) is 2.08. The van der Waals surface area contributed by atoms with Gasteiger partial charge >= 0.3 is 0 Å². The monoisotopic (exact) mass is 473 g/mol. The van der Waals surface area contributed by atoms with Gasteiger partial charge in [-0.3, -0.25) is 9.36 Å². The quantitative estimate of drug-likeness (QED) is 0.223. The van der Waals surface area contributed by atoms with E-state index in [0.717, 1.165) is 28.3 Å². The predicted molar refractivity (Wildman–Crippen MR) is 133 cm³/mol. The summed E-state index contributed by atoms with van der Waals surface area (Å²) in [6, 6.07) is 24.8. The second-order valence-electron chi connectivity index (χ2n) is 7.06. The van der Waals surface area contributed by atoms with Crippen molar-refractivity contribution in [2.75, 3.05) is 20.0 Å². The molecule has 0 aliphatic carbocycles. The number of rotatable bonds is 9. The van der Waals surface area contributed by atoms with Gasteiger partial charge in [-0.05, 0) is 66.2 Å². The molecule has 0 aliphatic rings. The molecule has 0 spiro atoms. The zero-order chi connectivity index (χ0) is 23.8. The lowest BCUT2D eigenvalue weighted by atomic mass is 10.2. The minimum absolute atomic E-state index is 0.132. The van der Waals surface area contributed by atoms with E-state index in [4.69, 9.17) is 9.47 Å². The number of nitrogens with zero attached hydrogens (tertiary/aromatic N) is 4. The molecule has 1 amide bonds. The van der Waals surface area contributed by atoms with Crippen LogP contribution < -0.4 is 14.9 Å². The Balaban J connectivity index is 1.47. The molecule has 3 aromatic carbocycles. The number of hydrogen-bond donors (Lipinski definition) is 1. The Bertz CT molecular complexity index is 1260. The molecule has 4 rings (SSSR count). The lowest BCUT2D eigenvalue weighted by Crippen LogP contribution is -2.20. The molecular formula is C25H23N5O3S. The van der Waals surface area contributed by atoms with E-state index in [1.165, 1.54) is 11.8 Å². The van der Waals surface area contributed by atoms with Crippen molar-refractivity contribution in [3.63, 3.8) is 0 Å². The second kappa shape index (κ2) is 11.2. The molecule has 0 aliphatic heterocycles. The number of amides is 1. The Kier molecular flexibility index (Phi) is 7.56. The minimum atomic E-state index is -0.247. The third kappa shape index (κ3) is 5.62. The number of carbonyl (C=O) groups is 1. The van der Waals surface area contributed by atoms with E-state index in [1.54, 1.807) is 20.4 Å². The molecular weight excluding hydrogens is 450 g/mol. The SMILES string of the molecule is COc1ccc(C=NNC(=O)CSc2nnc(-c3ccc(OC)cc3)n2-c2ccccc2)cc1. The molecule has 4 aromatic rings. The van der Waals surface area contributed by atoms with E-state index in [0.29, 0.717) is 11.0 Å². The lowest BCUT2D eigenvalue weighted by molar-refractivity contribution is -0.118. The van der Waals surface area contributed by atoms with Crippen LogP contribution in [-0.2, 0) is 4.79 Å². The summed E-state index contributed by atoms with van der Waals surface area (Å²) in [4.78, 5) is 12.4. The Morgan fingerprint density at radius 3 is 2.24 bits per heavy atom. The van der Waals surface area contributed by atoms with Gasteiger partial charge in [-0.25, -0.2) is 5.43 Å². The number of hydrazone groups is 1. The first-order valence-corrected chi connectivity index (χ1v) is 11.4. The molecule has 34 heavy (non-hydrogen) atoms.